The quantitative estimate of drug-likeness (QED) is 0.874. The first-order chi connectivity index (χ1) is 12.0. The molecule has 6 nitrogen and oxygen atoms in total. The van der Waals surface area contributed by atoms with Gasteiger partial charge in [0.2, 0.25) is 0 Å². The van der Waals surface area contributed by atoms with Crippen molar-refractivity contribution in [2.24, 2.45) is 13.0 Å². The number of rotatable bonds is 6. The van der Waals surface area contributed by atoms with Crippen molar-refractivity contribution in [3.05, 3.63) is 41.1 Å². The Labute approximate surface area is 149 Å². The van der Waals surface area contributed by atoms with E-state index in [1.807, 2.05) is 23.9 Å². The first-order valence-corrected chi connectivity index (χ1v) is 9.01. The highest BCUT2D eigenvalue weighted by Gasteiger charge is 2.29. The van der Waals surface area contributed by atoms with E-state index in [2.05, 4.69) is 24.3 Å². The fourth-order valence-electron chi connectivity index (χ4n) is 3.43. The van der Waals surface area contributed by atoms with Crippen LogP contribution in [0.25, 0.3) is 0 Å². The van der Waals surface area contributed by atoms with Gasteiger partial charge < -0.3 is 14.6 Å². The van der Waals surface area contributed by atoms with Crippen LogP contribution in [0.3, 0.4) is 0 Å². The molecule has 0 saturated carbocycles. The zero-order valence-corrected chi connectivity index (χ0v) is 15.6. The molecule has 2 aromatic heterocycles. The fourth-order valence-corrected chi connectivity index (χ4v) is 3.43. The predicted molar refractivity (Wildman–Crippen MR) is 96.4 cm³/mol. The molecule has 1 N–H and O–H groups in total. The van der Waals surface area contributed by atoms with Gasteiger partial charge in [0.1, 0.15) is 5.76 Å². The van der Waals surface area contributed by atoms with Gasteiger partial charge in [0.05, 0.1) is 12.8 Å². The van der Waals surface area contributed by atoms with Crippen LogP contribution in [-0.2, 0) is 26.4 Å². The van der Waals surface area contributed by atoms with Crippen LogP contribution >= 0.6 is 0 Å². The molecule has 2 aromatic rings. The Morgan fingerprint density at radius 3 is 3.00 bits per heavy atom. The normalized spacial score (nSPS) is 16.9. The Hall–Kier alpha value is -2.08. The number of furan rings is 1. The van der Waals surface area contributed by atoms with E-state index in [9.17, 15) is 4.79 Å². The van der Waals surface area contributed by atoms with Crippen molar-refractivity contribution in [3.63, 3.8) is 0 Å². The summed E-state index contributed by atoms with van der Waals surface area (Å²) in [4.78, 5) is 14.6. The molecule has 1 aliphatic carbocycles. The summed E-state index contributed by atoms with van der Waals surface area (Å²) in [5.74, 6) is 1.35. The third-order valence-electron chi connectivity index (χ3n) is 4.79. The smallest absolute Gasteiger partial charge is 0.274 e. The second-order valence-corrected chi connectivity index (χ2v) is 7.38. The Kier molecular flexibility index (Phi) is 5.27. The Balaban J connectivity index is 1.75. The summed E-state index contributed by atoms with van der Waals surface area (Å²) in [6.07, 6.45) is 4.55. The van der Waals surface area contributed by atoms with Gasteiger partial charge in [-0.05, 0) is 43.9 Å². The average molecular weight is 344 g/mol. The van der Waals surface area contributed by atoms with Crippen LogP contribution in [0.4, 0.5) is 0 Å². The molecule has 0 aliphatic heterocycles. The maximum atomic E-state index is 12.9. The molecule has 25 heavy (non-hydrogen) atoms. The van der Waals surface area contributed by atoms with Gasteiger partial charge in [-0.1, -0.05) is 13.8 Å². The second kappa shape index (κ2) is 7.44. The van der Waals surface area contributed by atoms with E-state index in [0.29, 0.717) is 24.2 Å². The molecular weight excluding hydrogens is 316 g/mol. The molecule has 0 aromatic carbocycles. The topological polar surface area (TPSA) is 63.3 Å². The summed E-state index contributed by atoms with van der Waals surface area (Å²) < 4.78 is 7.23. The van der Waals surface area contributed by atoms with Crippen molar-refractivity contribution in [2.75, 3.05) is 13.6 Å². The average Bonchev–Trinajstić information content (AvgIpc) is 3.20. The van der Waals surface area contributed by atoms with Crippen molar-refractivity contribution in [3.8, 4) is 0 Å². The highest BCUT2D eigenvalue weighted by Crippen LogP contribution is 2.25. The van der Waals surface area contributed by atoms with Gasteiger partial charge in [-0.25, -0.2) is 0 Å². The molecule has 2 heterocycles. The highest BCUT2D eigenvalue weighted by atomic mass is 16.3. The van der Waals surface area contributed by atoms with E-state index in [0.717, 1.165) is 37.1 Å². The van der Waals surface area contributed by atoms with Crippen molar-refractivity contribution >= 4 is 5.91 Å². The van der Waals surface area contributed by atoms with Crippen LogP contribution in [0.2, 0.25) is 0 Å². The molecule has 0 unspecified atom stereocenters. The van der Waals surface area contributed by atoms with Crippen LogP contribution in [0, 0.1) is 5.92 Å². The largest absolute Gasteiger partial charge is 0.467 e. The molecule has 0 bridgehead atoms. The number of aryl methyl sites for hydroxylation is 1. The van der Waals surface area contributed by atoms with Gasteiger partial charge >= 0.3 is 0 Å². The van der Waals surface area contributed by atoms with Crippen LogP contribution in [0.15, 0.2) is 22.8 Å². The van der Waals surface area contributed by atoms with Crippen molar-refractivity contribution in [2.45, 2.75) is 45.7 Å². The van der Waals surface area contributed by atoms with Gasteiger partial charge in [0.25, 0.3) is 5.91 Å². The molecule has 136 valence electrons. The minimum absolute atomic E-state index is 0.0437. The molecule has 1 amide bonds. The molecule has 0 fully saturated rings. The summed E-state index contributed by atoms with van der Waals surface area (Å²) in [5, 5.41) is 8.17. The summed E-state index contributed by atoms with van der Waals surface area (Å²) in [6.45, 7) is 5.88. The Morgan fingerprint density at radius 1 is 1.52 bits per heavy atom. The number of nitrogens with zero attached hydrogens (tertiary/aromatic N) is 3. The molecule has 0 saturated heterocycles. The zero-order valence-electron chi connectivity index (χ0n) is 15.6. The fraction of sp³-hybridized carbons (Fsp3) is 0.579. The van der Waals surface area contributed by atoms with Gasteiger partial charge in [0.15, 0.2) is 5.69 Å². The standard InChI is InChI=1S/C19H28N4O2/c1-13(2)11-20-14-7-8-17-16(10-14)18(21-23(17)4)19(24)22(3)12-15-6-5-9-25-15/h5-6,9,13-14,20H,7-8,10-12H2,1-4H3/t14-/m0/s1. The van der Waals surface area contributed by atoms with E-state index in [1.165, 1.54) is 5.69 Å². The molecule has 1 aliphatic rings. The van der Waals surface area contributed by atoms with E-state index < -0.39 is 0 Å². The maximum Gasteiger partial charge on any atom is 0.274 e. The number of carbonyl (C=O) groups excluding carboxylic acids is 1. The van der Waals surface area contributed by atoms with Gasteiger partial charge in [-0.3, -0.25) is 9.48 Å². The van der Waals surface area contributed by atoms with Crippen LogP contribution in [0.5, 0.6) is 0 Å². The third-order valence-corrected chi connectivity index (χ3v) is 4.79. The van der Waals surface area contributed by atoms with Crippen molar-refractivity contribution < 1.29 is 9.21 Å². The number of carbonyl (C=O) groups is 1. The highest BCUT2D eigenvalue weighted by molar-refractivity contribution is 5.94. The lowest BCUT2D eigenvalue weighted by molar-refractivity contribution is 0.0767. The lowest BCUT2D eigenvalue weighted by atomic mass is 9.91. The molecule has 3 rings (SSSR count). The summed E-state index contributed by atoms with van der Waals surface area (Å²) in [5.41, 5.74) is 2.88. The monoisotopic (exact) mass is 344 g/mol. The molecule has 0 radical (unpaired) electrons. The lowest BCUT2D eigenvalue weighted by Gasteiger charge is -2.25. The van der Waals surface area contributed by atoms with E-state index in [4.69, 9.17) is 4.42 Å². The molecule has 0 spiro atoms. The number of fused-ring (bicyclic) bond motifs is 1. The molecule has 1 atom stereocenters. The van der Waals surface area contributed by atoms with Crippen LogP contribution < -0.4 is 5.32 Å². The summed E-state index contributed by atoms with van der Waals surface area (Å²) in [7, 11) is 3.73. The van der Waals surface area contributed by atoms with E-state index in [-0.39, 0.29) is 5.91 Å². The number of hydrogen-bond acceptors (Lipinski definition) is 4. The molecule has 6 heteroatoms. The maximum absolute atomic E-state index is 12.9. The van der Waals surface area contributed by atoms with E-state index >= 15 is 0 Å². The summed E-state index contributed by atoms with van der Waals surface area (Å²) in [6, 6.07) is 4.13. The minimum atomic E-state index is -0.0437. The number of aromatic nitrogens is 2. The number of amides is 1. The van der Waals surface area contributed by atoms with Gasteiger partial charge in [-0.2, -0.15) is 5.10 Å². The zero-order chi connectivity index (χ0) is 18.0. The van der Waals surface area contributed by atoms with Crippen LogP contribution in [-0.4, -0.2) is 40.2 Å². The number of nitrogens with one attached hydrogen (secondary N) is 1. The van der Waals surface area contributed by atoms with Crippen LogP contribution in [0.1, 0.15) is 47.8 Å². The first-order valence-electron chi connectivity index (χ1n) is 9.01. The van der Waals surface area contributed by atoms with Gasteiger partial charge in [-0.15, -0.1) is 0 Å². The van der Waals surface area contributed by atoms with Crippen molar-refractivity contribution in [1.29, 1.82) is 0 Å². The third kappa shape index (κ3) is 3.95. The first kappa shape index (κ1) is 17.7. The molecular formula is C19H28N4O2. The second-order valence-electron chi connectivity index (χ2n) is 7.38. The lowest BCUT2D eigenvalue weighted by Crippen LogP contribution is -2.37. The Morgan fingerprint density at radius 2 is 2.32 bits per heavy atom. The predicted octanol–water partition coefficient (Wildman–Crippen LogP) is 2.39. The van der Waals surface area contributed by atoms with Crippen molar-refractivity contribution in [1.82, 2.24) is 20.0 Å². The summed E-state index contributed by atoms with van der Waals surface area (Å²) >= 11 is 0. The SMILES string of the molecule is CC(C)CN[C@H]1CCc2c(c(C(=O)N(C)Cc3ccco3)nn2C)C1. The number of hydrogen-bond donors (Lipinski definition) is 1. The van der Waals surface area contributed by atoms with E-state index in [1.54, 1.807) is 18.2 Å². The minimum Gasteiger partial charge on any atom is -0.467 e. The van der Waals surface area contributed by atoms with Gasteiger partial charge in [0, 0.05) is 31.4 Å². The Bertz CT molecular complexity index is 718.